The lowest BCUT2D eigenvalue weighted by Gasteiger charge is -2.12. The zero-order valence-corrected chi connectivity index (χ0v) is 15.6. The predicted octanol–water partition coefficient (Wildman–Crippen LogP) is 2.57. The number of aliphatic imine (C=N–C) groups is 1. The number of hydrogen-bond donors (Lipinski definition) is 2. The van der Waals surface area contributed by atoms with Gasteiger partial charge in [-0.1, -0.05) is 30.9 Å². The molecule has 6 heteroatoms. The summed E-state index contributed by atoms with van der Waals surface area (Å²) >= 11 is 0. The van der Waals surface area contributed by atoms with E-state index < -0.39 is 0 Å². The summed E-state index contributed by atoms with van der Waals surface area (Å²) in [6.45, 7) is 8.92. The van der Waals surface area contributed by atoms with Gasteiger partial charge in [0, 0.05) is 25.8 Å². The first kappa shape index (κ1) is 20.7. The fourth-order valence-corrected chi connectivity index (χ4v) is 1.70. The van der Waals surface area contributed by atoms with E-state index in [1.807, 2.05) is 31.2 Å². The van der Waals surface area contributed by atoms with Gasteiger partial charge < -0.3 is 20.1 Å². The molecule has 1 aromatic rings. The van der Waals surface area contributed by atoms with Gasteiger partial charge in [0.1, 0.15) is 12.4 Å². The van der Waals surface area contributed by atoms with Crippen LogP contribution in [0, 0.1) is 0 Å². The van der Waals surface area contributed by atoms with E-state index in [-0.39, 0.29) is 24.0 Å². The maximum atomic E-state index is 5.63. The lowest BCUT2D eigenvalue weighted by Crippen LogP contribution is -2.38. The van der Waals surface area contributed by atoms with Gasteiger partial charge in [0.25, 0.3) is 0 Å². The molecule has 0 saturated heterocycles. The third kappa shape index (κ3) is 8.23. The molecule has 2 N–H and O–H groups in total. The fourth-order valence-electron chi connectivity index (χ4n) is 1.70. The Labute approximate surface area is 150 Å². The molecule has 1 aromatic carbocycles. The normalized spacial score (nSPS) is 10.5. The van der Waals surface area contributed by atoms with E-state index >= 15 is 0 Å². The summed E-state index contributed by atoms with van der Waals surface area (Å²) in [5, 5.41) is 6.41. The molecule has 0 saturated carbocycles. The van der Waals surface area contributed by atoms with Gasteiger partial charge in [-0.05, 0) is 13.0 Å². The largest absolute Gasteiger partial charge is 0.489 e. The van der Waals surface area contributed by atoms with Crippen LogP contribution in [0.5, 0.6) is 5.75 Å². The molecule has 0 radical (unpaired) electrons. The Morgan fingerprint density at radius 2 is 2.09 bits per heavy atom. The van der Waals surface area contributed by atoms with Crippen LogP contribution in [-0.4, -0.2) is 39.4 Å². The number of nitrogens with one attached hydrogen (secondary N) is 2. The Bertz CT molecular complexity index is 453. The van der Waals surface area contributed by atoms with Gasteiger partial charge in [-0.15, -0.1) is 24.0 Å². The molecule has 0 atom stereocenters. The molecule has 0 bridgehead atoms. The van der Waals surface area contributed by atoms with Crippen molar-refractivity contribution in [3.63, 3.8) is 0 Å². The second-order valence-corrected chi connectivity index (χ2v) is 4.32. The van der Waals surface area contributed by atoms with Gasteiger partial charge in [-0.25, -0.2) is 4.99 Å². The number of rotatable bonds is 9. The first-order valence-corrected chi connectivity index (χ1v) is 7.14. The molecule has 0 aromatic heterocycles. The van der Waals surface area contributed by atoms with Crippen molar-refractivity contribution in [1.82, 2.24) is 10.6 Å². The zero-order chi connectivity index (χ0) is 15.3. The summed E-state index contributed by atoms with van der Waals surface area (Å²) in [7, 11) is 1.68. The van der Waals surface area contributed by atoms with Crippen LogP contribution in [0.1, 0.15) is 12.5 Å². The van der Waals surface area contributed by atoms with Gasteiger partial charge in [0.2, 0.25) is 0 Å². The number of guanidine groups is 1. The number of ether oxygens (including phenoxy) is 2. The van der Waals surface area contributed by atoms with Crippen molar-refractivity contribution < 1.29 is 9.47 Å². The van der Waals surface area contributed by atoms with Crippen molar-refractivity contribution in [2.75, 3.05) is 33.4 Å². The van der Waals surface area contributed by atoms with Gasteiger partial charge in [0.05, 0.1) is 13.2 Å². The number of para-hydroxylation sites is 1. The number of nitrogens with zero attached hydrogens (tertiary/aromatic N) is 1. The van der Waals surface area contributed by atoms with Crippen molar-refractivity contribution in [3.8, 4) is 5.75 Å². The zero-order valence-electron chi connectivity index (χ0n) is 13.3. The molecule has 124 valence electrons. The van der Waals surface area contributed by atoms with Gasteiger partial charge in [0.15, 0.2) is 5.96 Å². The highest BCUT2D eigenvalue weighted by Crippen LogP contribution is 2.18. The molecule has 0 aliphatic carbocycles. The number of hydrogen-bond acceptors (Lipinski definition) is 3. The summed E-state index contributed by atoms with van der Waals surface area (Å²) < 4.78 is 10.7. The van der Waals surface area contributed by atoms with E-state index in [9.17, 15) is 0 Å². The van der Waals surface area contributed by atoms with Crippen LogP contribution in [0.15, 0.2) is 41.9 Å². The average Bonchev–Trinajstić information content (AvgIpc) is 2.51. The van der Waals surface area contributed by atoms with Crippen molar-refractivity contribution in [2.24, 2.45) is 4.99 Å². The standard InChI is InChI=1S/C16H25N3O2.HI/c1-4-11-21-15-9-7-6-8-14(15)13-19-16(17-5-2)18-10-12-20-3;/h4,6-9H,1,5,10-13H2,2-3H3,(H2,17,18,19);1H. The molecule has 0 unspecified atom stereocenters. The smallest absolute Gasteiger partial charge is 0.191 e. The third-order valence-corrected chi connectivity index (χ3v) is 2.68. The summed E-state index contributed by atoms with van der Waals surface area (Å²) in [6, 6.07) is 7.89. The third-order valence-electron chi connectivity index (χ3n) is 2.68. The molecule has 0 spiro atoms. The van der Waals surface area contributed by atoms with Crippen molar-refractivity contribution in [3.05, 3.63) is 42.5 Å². The molecule has 22 heavy (non-hydrogen) atoms. The summed E-state index contributed by atoms with van der Waals surface area (Å²) in [5.74, 6) is 1.61. The van der Waals surface area contributed by atoms with E-state index in [2.05, 4.69) is 22.2 Å². The topological polar surface area (TPSA) is 54.9 Å². The molecule has 0 heterocycles. The summed E-state index contributed by atoms with van der Waals surface area (Å²) in [4.78, 5) is 4.56. The molecule has 0 aliphatic heterocycles. The monoisotopic (exact) mass is 419 g/mol. The van der Waals surface area contributed by atoms with Crippen LogP contribution in [0.3, 0.4) is 0 Å². The Balaban J connectivity index is 0.00000441. The average molecular weight is 419 g/mol. The highest BCUT2D eigenvalue weighted by atomic mass is 127. The first-order valence-electron chi connectivity index (χ1n) is 7.14. The van der Waals surface area contributed by atoms with E-state index in [4.69, 9.17) is 9.47 Å². The molecule has 0 fully saturated rings. The fraction of sp³-hybridized carbons (Fsp3) is 0.438. The second kappa shape index (κ2) is 13.4. The SMILES string of the molecule is C=CCOc1ccccc1CN=C(NCC)NCCOC.I. The molecule has 1 rings (SSSR count). The van der Waals surface area contributed by atoms with E-state index in [1.165, 1.54) is 0 Å². The van der Waals surface area contributed by atoms with Crippen molar-refractivity contribution in [2.45, 2.75) is 13.5 Å². The van der Waals surface area contributed by atoms with Crippen LogP contribution < -0.4 is 15.4 Å². The Morgan fingerprint density at radius 3 is 2.77 bits per heavy atom. The maximum absolute atomic E-state index is 5.63. The minimum absolute atomic E-state index is 0. The van der Waals surface area contributed by atoms with Crippen LogP contribution in [-0.2, 0) is 11.3 Å². The van der Waals surface area contributed by atoms with Gasteiger partial charge in [-0.3, -0.25) is 0 Å². The van der Waals surface area contributed by atoms with Crippen molar-refractivity contribution >= 4 is 29.9 Å². The first-order chi connectivity index (χ1) is 10.3. The van der Waals surface area contributed by atoms with E-state index in [0.717, 1.165) is 30.4 Å². The van der Waals surface area contributed by atoms with Crippen molar-refractivity contribution in [1.29, 1.82) is 0 Å². The number of methoxy groups -OCH3 is 1. The number of halogens is 1. The van der Waals surface area contributed by atoms with Crippen LogP contribution in [0.2, 0.25) is 0 Å². The Kier molecular flexibility index (Phi) is 12.6. The quantitative estimate of drug-likeness (QED) is 0.213. The van der Waals surface area contributed by atoms with E-state index in [1.54, 1.807) is 13.2 Å². The van der Waals surface area contributed by atoms with Gasteiger partial charge in [-0.2, -0.15) is 0 Å². The molecule has 0 aliphatic rings. The van der Waals surface area contributed by atoms with Crippen LogP contribution in [0.25, 0.3) is 0 Å². The predicted molar refractivity (Wildman–Crippen MR) is 102 cm³/mol. The van der Waals surface area contributed by atoms with Crippen LogP contribution in [0.4, 0.5) is 0 Å². The van der Waals surface area contributed by atoms with Gasteiger partial charge >= 0.3 is 0 Å². The minimum Gasteiger partial charge on any atom is -0.489 e. The highest BCUT2D eigenvalue weighted by Gasteiger charge is 2.02. The maximum Gasteiger partial charge on any atom is 0.191 e. The number of benzene rings is 1. The summed E-state index contributed by atoms with van der Waals surface area (Å²) in [5.41, 5.74) is 1.04. The minimum atomic E-state index is 0. The lowest BCUT2D eigenvalue weighted by atomic mass is 10.2. The Hall–Kier alpha value is -1.28. The Morgan fingerprint density at radius 1 is 1.32 bits per heavy atom. The molecular formula is C16H26IN3O2. The molecule has 5 nitrogen and oxygen atoms in total. The van der Waals surface area contributed by atoms with E-state index in [0.29, 0.717) is 19.8 Å². The van der Waals surface area contributed by atoms with Crippen LogP contribution >= 0.6 is 24.0 Å². The second-order valence-electron chi connectivity index (χ2n) is 4.32. The highest BCUT2D eigenvalue weighted by molar-refractivity contribution is 14.0. The lowest BCUT2D eigenvalue weighted by molar-refractivity contribution is 0.203. The summed E-state index contributed by atoms with van der Waals surface area (Å²) in [6.07, 6.45) is 1.73. The molecule has 0 amide bonds. The molecular weight excluding hydrogens is 393 g/mol.